The molecule has 3 rings (SSSR count). The summed E-state index contributed by atoms with van der Waals surface area (Å²) in [5.74, 6) is -0.192. The van der Waals surface area contributed by atoms with Gasteiger partial charge >= 0.3 is 0 Å². The van der Waals surface area contributed by atoms with Gasteiger partial charge in [0.15, 0.2) is 5.11 Å². The van der Waals surface area contributed by atoms with Crippen LogP contribution in [0.2, 0.25) is 5.02 Å². The Morgan fingerprint density at radius 3 is 2.32 bits per heavy atom. The summed E-state index contributed by atoms with van der Waals surface area (Å²) in [6.07, 6.45) is 0. The van der Waals surface area contributed by atoms with Gasteiger partial charge in [-0.2, -0.15) is 0 Å². The summed E-state index contributed by atoms with van der Waals surface area (Å²) in [5.41, 5.74) is 2.78. The predicted molar refractivity (Wildman–Crippen MR) is 132 cm³/mol. The summed E-state index contributed by atoms with van der Waals surface area (Å²) in [5, 5.41) is 9.32. The van der Waals surface area contributed by atoms with Gasteiger partial charge in [-0.15, -0.1) is 11.8 Å². The minimum atomic E-state index is -0.221. The first kappa shape index (κ1) is 22.8. The first-order chi connectivity index (χ1) is 14.9. The molecule has 0 saturated carbocycles. The van der Waals surface area contributed by atoms with E-state index in [0.29, 0.717) is 22.0 Å². The summed E-state index contributed by atoms with van der Waals surface area (Å²) in [7, 11) is 0. The molecule has 0 aromatic heterocycles. The number of carbonyl (C=O) groups is 2. The van der Waals surface area contributed by atoms with E-state index in [1.54, 1.807) is 42.5 Å². The van der Waals surface area contributed by atoms with Crippen LogP contribution in [0, 0.1) is 6.92 Å². The lowest BCUT2D eigenvalue weighted by molar-refractivity contribution is -0.117. The summed E-state index contributed by atoms with van der Waals surface area (Å²) >= 11 is 12.5. The van der Waals surface area contributed by atoms with Crippen LogP contribution in [0.25, 0.3) is 0 Å². The van der Waals surface area contributed by atoms with Crippen molar-refractivity contribution in [3.63, 3.8) is 0 Å². The number of halogens is 1. The molecule has 0 unspecified atom stereocenters. The first-order valence-electron chi connectivity index (χ1n) is 9.37. The van der Waals surface area contributed by atoms with Crippen LogP contribution < -0.4 is 16.0 Å². The van der Waals surface area contributed by atoms with E-state index in [9.17, 15) is 9.59 Å². The number of hydrogen-bond acceptors (Lipinski definition) is 4. The Kier molecular flexibility index (Phi) is 8.06. The highest BCUT2D eigenvalue weighted by atomic mass is 35.5. The number of thioether (sulfide) groups is 1. The quantitative estimate of drug-likeness (QED) is 0.328. The second kappa shape index (κ2) is 10.9. The molecule has 3 aromatic carbocycles. The fourth-order valence-corrected chi connectivity index (χ4v) is 3.76. The van der Waals surface area contributed by atoms with Crippen molar-refractivity contribution in [2.24, 2.45) is 0 Å². The van der Waals surface area contributed by atoms with Crippen LogP contribution in [0.4, 0.5) is 11.4 Å². The van der Waals surface area contributed by atoms with Crippen molar-refractivity contribution in [3.8, 4) is 0 Å². The number of thiocarbonyl (C=S) groups is 1. The lowest BCUT2D eigenvalue weighted by atomic mass is 10.1. The number of hydrogen-bond donors (Lipinski definition) is 3. The lowest BCUT2D eigenvalue weighted by Crippen LogP contribution is -2.35. The Labute approximate surface area is 195 Å². The molecule has 0 heterocycles. The Morgan fingerprint density at radius 1 is 0.935 bits per heavy atom. The summed E-state index contributed by atoms with van der Waals surface area (Å²) in [6, 6.07) is 21.8. The molecule has 5 nitrogen and oxygen atoms in total. The van der Waals surface area contributed by atoms with Crippen molar-refractivity contribution >= 4 is 63.9 Å². The molecule has 3 aromatic rings. The fraction of sp³-hybridized carbons (Fsp3) is 0.0870. The van der Waals surface area contributed by atoms with Gasteiger partial charge in [-0.3, -0.25) is 9.59 Å². The van der Waals surface area contributed by atoms with E-state index >= 15 is 0 Å². The zero-order chi connectivity index (χ0) is 22.2. The third-order valence-corrected chi connectivity index (χ3v) is 5.67. The zero-order valence-electron chi connectivity index (χ0n) is 16.6. The zero-order valence-corrected chi connectivity index (χ0v) is 19.0. The van der Waals surface area contributed by atoms with E-state index in [4.69, 9.17) is 23.8 Å². The molecule has 2 amide bonds. The van der Waals surface area contributed by atoms with Crippen molar-refractivity contribution in [2.45, 2.75) is 11.8 Å². The number of aryl methyl sites for hydroxylation is 1. The van der Waals surface area contributed by atoms with E-state index in [-0.39, 0.29) is 22.7 Å². The van der Waals surface area contributed by atoms with Crippen LogP contribution in [0.3, 0.4) is 0 Å². The minimum absolute atomic E-state index is 0.184. The third-order valence-electron chi connectivity index (χ3n) is 4.20. The molecule has 0 aliphatic heterocycles. The number of anilines is 2. The van der Waals surface area contributed by atoms with E-state index in [1.165, 1.54) is 11.8 Å². The van der Waals surface area contributed by atoms with Gasteiger partial charge in [0.1, 0.15) is 0 Å². The molecule has 0 bridgehead atoms. The van der Waals surface area contributed by atoms with Crippen molar-refractivity contribution in [1.82, 2.24) is 5.32 Å². The number of benzene rings is 3. The monoisotopic (exact) mass is 469 g/mol. The number of amides is 2. The van der Waals surface area contributed by atoms with E-state index < -0.39 is 0 Å². The summed E-state index contributed by atoms with van der Waals surface area (Å²) in [4.78, 5) is 25.6. The van der Waals surface area contributed by atoms with Gasteiger partial charge in [-0.05, 0) is 73.2 Å². The highest BCUT2D eigenvalue weighted by Gasteiger charge is 2.10. The summed E-state index contributed by atoms with van der Waals surface area (Å²) < 4.78 is 0. The topological polar surface area (TPSA) is 70.2 Å². The van der Waals surface area contributed by atoms with Crippen molar-refractivity contribution in [2.75, 3.05) is 16.4 Å². The van der Waals surface area contributed by atoms with E-state index in [1.807, 2.05) is 37.3 Å². The van der Waals surface area contributed by atoms with Gasteiger partial charge in [0, 0.05) is 26.9 Å². The average Bonchev–Trinajstić information content (AvgIpc) is 2.73. The standard InChI is InChI=1S/C23H20ClN3O2S2/c1-15-5-2-3-8-20(15)22(29)25-17-6-4-7-18(13-17)26-23(30)27-21(28)14-31-19-11-9-16(24)10-12-19/h2-13H,14H2,1H3,(H,25,29)(H2,26,27,28,30). The highest BCUT2D eigenvalue weighted by Crippen LogP contribution is 2.20. The fourth-order valence-electron chi connectivity index (χ4n) is 2.71. The van der Waals surface area contributed by atoms with Gasteiger partial charge in [-0.25, -0.2) is 0 Å². The van der Waals surface area contributed by atoms with Gasteiger partial charge in [0.25, 0.3) is 5.91 Å². The maximum absolute atomic E-state index is 12.5. The van der Waals surface area contributed by atoms with Gasteiger partial charge in [0.05, 0.1) is 5.75 Å². The number of nitrogens with one attached hydrogen (secondary N) is 3. The largest absolute Gasteiger partial charge is 0.332 e. The lowest BCUT2D eigenvalue weighted by Gasteiger charge is -2.12. The van der Waals surface area contributed by atoms with Gasteiger partial charge < -0.3 is 16.0 Å². The maximum atomic E-state index is 12.5. The van der Waals surface area contributed by atoms with Crippen molar-refractivity contribution < 1.29 is 9.59 Å². The van der Waals surface area contributed by atoms with Crippen LogP contribution in [0.1, 0.15) is 15.9 Å². The average molecular weight is 470 g/mol. The van der Waals surface area contributed by atoms with Crippen molar-refractivity contribution in [1.29, 1.82) is 0 Å². The maximum Gasteiger partial charge on any atom is 0.255 e. The van der Waals surface area contributed by atoms with Crippen LogP contribution in [-0.2, 0) is 4.79 Å². The molecule has 0 saturated heterocycles. The number of rotatable bonds is 6. The summed E-state index contributed by atoms with van der Waals surface area (Å²) in [6.45, 7) is 1.89. The predicted octanol–water partition coefficient (Wildman–Crippen LogP) is 5.51. The Bertz CT molecular complexity index is 1100. The molecule has 0 atom stereocenters. The Balaban J connectivity index is 1.52. The van der Waals surface area contributed by atoms with Crippen LogP contribution in [0.15, 0.2) is 77.7 Å². The molecule has 158 valence electrons. The molecule has 0 aliphatic rings. The SMILES string of the molecule is Cc1ccccc1C(=O)Nc1cccc(NC(=S)NC(=O)CSc2ccc(Cl)cc2)c1. The highest BCUT2D eigenvalue weighted by molar-refractivity contribution is 8.00. The molecule has 0 radical (unpaired) electrons. The molecule has 0 aliphatic carbocycles. The second-order valence-corrected chi connectivity index (χ2v) is 8.49. The first-order valence-corrected chi connectivity index (χ1v) is 11.1. The second-order valence-electron chi connectivity index (χ2n) is 6.59. The molecule has 0 fully saturated rings. The van der Waals surface area contributed by atoms with Gasteiger partial charge in [0.2, 0.25) is 5.91 Å². The number of carbonyl (C=O) groups excluding carboxylic acids is 2. The Hall–Kier alpha value is -2.87. The van der Waals surface area contributed by atoms with Crippen LogP contribution in [-0.4, -0.2) is 22.7 Å². The molecule has 31 heavy (non-hydrogen) atoms. The van der Waals surface area contributed by atoms with Crippen LogP contribution >= 0.6 is 35.6 Å². The third kappa shape index (κ3) is 7.10. The van der Waals surface area contributed by atoms with E-state index in [0.717, 1.165) is 10.5 Å². The van der Waals surface area contributed by atoms with Gasteiger partial charge in [-0.1, -0.05) is 35.9 Å². The molecule has 0 spiro atoms. The normalized spacial score (nSPS) is 10.3. The molecule has 3 N–H and O–H groups in total. The minimum Gasteiger partial charge on any atom is -0.332 e. The van der Waals surface area contributed by atoms with Crippen LogP contribution in [0.5, 0.6) is 0 Å². The van der Waals surface area contributed by atoms with E-state index in [2.05, 4.69) is 16.0 Å². The molecular weight excluding hydrogens is 450 g/mol. The molecular formula is C23H20ClN3O2S2. The van der Waals surface area contributed by atoms with Crippen molar-refractivity contribution in [3.05, 3.63) is 88.9 Å². The molecule has 8 heteroatoms. The smallest absolute Gasteiger partial charge is 0.255 e. The Morgan fingerprint density at radius 2 is 1.61 bits per heavy atom.